The van der Waals surface area contributed by atoms with Crippen LogP contribution >= 0.6 is 38.5 Å². The van der Waals surface area contributed by atoms with Crippen LogP contribution < -0.4 is 5.56 Å². The lowest BCUT2D eigenvalue weighted by atomic mass is 10.5. The second-order valence-electron chi connectivity index (χ2n) is 2.19. The Morgan fingerprint density at radius 3 is 3.08 bits per heavy atom. The highest BCUT2D eigenvalue weighted by molar-refractivity contribution is 14.1. The van der Waals surface area contributed by atoms with Crippen molar-refractivity contribution in [1.29, 1.82) is 0 Å². The van der Waals surface area contributed by atoms with Gasteiger partial charge in [0.25, 0.3) is 5.56 Å². The molecule has 0 aromatic carbocycles. The zero-order valence-corrected chi connectivity index (χ0v) is 9.46. The highest BCUT2D eigenvalue weighted by atomic mass is 127. The second kappa shape index (κ2) is 2.84. The molecule has 0 bridgehead atoms. The van der Waals surface area contributed by atoms with E-state index < -0.39 is 0 Å². The minimum Gasteiger partial charge on any atom is -0.310 e. The SMILES string of the molecule is O=c1[nH]cnn2c(I)cc(Br)c12. The third-order valence-electron chi connectivity index (χ3n) is 1.47. The van der Waals surface area contributed by atoms with E-state index in [1.54, 1.807) is 4.52 Å². The lowest BCUT2D eigenvalue weighted by molar-refractivity contribution is 0.870. The van der Waals surface area contributed by atoms with E-state index in [1.807, 2.05) is 6.07 Å². The molecule has 0 unspecified atom stereocenters. The Labute approximate surface area is 89.2 Å². The zero-order chi connectivity index (χ0) is 8.72. The summed E-state index contributed by atoms with van der Waals surface area (Å²) in [7, 11) is 0. The van der Waals surface area contributed by atoms with Gasteiger partial charge in [0.05, 0.1) is 4.47 Å². The molecule has 0 spiro atoms. The van der Waals surface area contributed by atoms with Gasteiger partial charge in [-0.15, -0.1) is 0 Å². The van der Waals surface area contributed by atoms with E-state index in [4.69, 9.17) is 0 Å². The normalized spacial score (nSPS) is 10.8. The van der Waals surface area contributed by atoms with Crippen molar-refractivity contribution >= 4 is 44.0 Å². The summed E-state index contributed by atoms with van der Waals surface area (Å²) in [6, 6.07) is 1.85. The third kappa shape index (κ3) is 1.09. The Hall–Kier alpha value is -0.370. The monoisotopic (exact) mass is 339 g/mol. The van der Waals surface area contributed by atoms with Crippen LogP contribution in [0.1, 0.15) is 0 Å². The predicted octanol–water partition coefficient (Wildman–Crippen LogP) is 1.39. The van der Waals surface area contributed by atoms with Gasteiger partial charge in [-0.1, -0.05) is 0 Å². The smallest absolute Gasteiger partial charge is 0.276 e. The minimum atomic E-state index is -0.139. The summed E-state index contributed by atoms with van der Waals surface area (Å²) in [6.07, 6.45) is 1.38. The van der Waals surface area contributed by atoms with Gasteiger partial charge >= 0.3 is 0 Å². The first-order valence-electron chi connectivity index (χ1n) is 3.10. The predicted molar refractivity (Wildman–Crippen MR) is 56.2 cm³/mol. The van der Waals surface area contributed by atoms with Crippen molar-refractivity contribution in [1.82, 2.24) is 14.6 Å². The van der Waals surface area contributed by atoms with Crippen LogP contribution in [0.25, 0.3) is 5.52 Å². The van der Waals surface area contributed by atoms with Crippen LogP contribution in [0.4, 0.5) is 0 Å². The maximum atomic E-state index is 11.3. The molecule has 6 heteroatoms. The van der Waals surface area contributed by atoms with Crippen LogP contribution in [0, 0.1) is 3.70 Å². The van der Waals surface area contributed by atoms with Crippen LogP contribution in [0.5, 0.6) is 0 Å². The number of halogens is 2. The standard InChI is InChI=1S/C6H3BrIN3O/c7-3-1-4(8)11-5(3)6(12)9-2-10-11/h1-2H,(H,9,10,12). The summed E-state index contributed by atoms with van der Waals surface area (Å²) < 4.78 is 3.26. The Balaban J connectivity index is 3.09. The molecule has 0 saturated carbocycles. The van der Waals surface area contributed by atoms with Gasteiger partial charge in [0, 0.05) is 0 Å². The molecule has 4 nitrogen and oxygen atoms in total. The number of aromatic nitrogens is 3. The quantitative estimate of drug-likeness (QED) is 0.737. The number of hydrogen-bond acceptors (Lipinski definition) is 2. The number of rotatable bonds is 0. The second-order valence-corrected chi connectivity index (χ2v) is 4.15. The summed E-state index contributed by atoms with van der Waals surface area (Å²) in [5.41, 5.74) is 0.404. The number of nitrogens with one attached hydrogen (secondary N) is 1. The van der Waals surface area contributed by atoms with Gasteiger partial charge in [-0.25, -0.2) is 4.52 Å². The van der Waals surface area contributed by atoms with Gasteiger partial charge in [-0.05, 0) is 44.6 Å². The molecule has 2 aromatic heterocycles. The first-order valence-corrected chi connectivity index (χ1v) is 4.98. The van der Waals surface area contributed by atoms with E-state index in [0.29, 0.717) is 5.52 Å². The molecule has 0 aliphatic carbocycles. The fourth-order valence-electron chi connectivity index (χ4n) is 0.973. The van der Waals surface area contributed by atoms with Crippen molar-refractivity contribution in [3.8, 4) is 0 Å². The molecule has 0 aliphatic heterocycles. The van der Waals surface area contributed by atoms with Crippen LogP contribution in [0.3, 0.4) is 0 Å². The molecule has 2 rings (SSSR count). The first-order chi connectivity index (χ1) is 5.70. The lowest BCUT2D eigenvalue weighted by Gasteiger charge is -1.91. The van der Waals surface area contributed by atoms with Crippen molar-refractivity contribution in [2.75, 3.05) is 0 Å². The average molecular weight is 340 g/mol. The summed E-state index contributed by atoms with van der Waals surface area (Å²) in [5.74, 6) is 0. The molecule has 0 amide bonds. The van der Waals surface area contributed by atoms with Crippen molar-refractivity contribution in [3.63, 3.8) is 0 Å². The molecule has 0 fully saturated rings. The highest BCUT2D eigenvalue weighted by Crippen LogP contribution is 2.19. The van der Waals surface area contributed by atoms with Gasteiger partial charge in [0.1, 0.15) is 15.5 Å². The van der Waals surface area contributed by atoms with E-state index in [0.717, 1.165) is 8.17 Å². The van der Waals surface area contributed by atoms with Gasteiger partial charge in [0.2, 0.25) is 0 Å². The fraction of sp³-hybridized carbons (Fsp3) is 0. The molecule has 2 heterocycles. The maximum Gasteiger partial charge on any atom is 0.276 e. The van der Waals surface area contributed by atoms with Gasteiger partial charge in [-0.3, -0.25) is 4.79 Å². The summed E-state index contributed by atoms with van der Waals surface area (Å²) in [4.78, 5) is 13.8. The Morgan fingerprint density at radius 2 is 2.42 bits per heavy atom. The molecule has 2 aromatic rings. The van der Waals surface area contributed by atoms with Crippen molar-refractivity contribution in [2.45, 2.75) is 0 Å². The largest absolute Gasteiger partial charge is 0.310 e. The fourth-order valence-corrected chi connectivity index (χ4v) is 2.64. The van der Waals surface area contributed by atoms with Gasteiger partial charge in [0.15, 0.2) is 0 Å². The number of aromatic amines is 1. The molecule has 62 valence electrons. The Kier molecular flexibility index (Phi) is 1.95. The van der Waals surface area contributed by atoms with Crippen molar-refractivity contribution < 1.29 is 0 Å². The van der Waals surface area contributed by atoms with Gasteiger partial charge < -0.3 is 4.98 Å². The number of fused-ring (bicyclic) bond motifs is 1. The maximum absolute atomic E-state index is 11.3. The van der Waals surface area contributed by atoms with Crippen LogP contribution in [0.2, 0.25) is 0 Å². The van der Waals surface area contributed by atoms with E-state index in [1.165, 1.54) is 6.33 Å². The minimum absolute atomic E-state index is 0.139. The number of H-pyrrole nitrogens is 1. The summed E-state index contributed by atoms with van der Waals surface area (Å²) in [5, 5.41) is 3.99. The van der Waals surface area contributed by atoms with E-state index in [-0.39, 0.29) is 5.56 Å². The molecule has 0 aliphatic rings. The van der Waals surface area contributed by atoms with Crippen molar-refractivity contribution in [2.24, 2.45) is 0 Å². The molecule has 12 heavy (non-hydrogen) atoms. The Morgan fingerprint density at radius 1 is 1.67 bits per heavy atom. The molecular weight excluding hydrogens is 337 g/mol. The molecular formula is C6H3BrIN3O. The molecule has 0 radical (unpaired) electrons. The van der Waals surface area contributed by atoms with Crippen LogP contribution in [-0.2, 0) is 0 Å². The van der Waals surface area contributed by atoms with E-state index >= 15 is 0 Å². The highest BCUT2D eigenvalue weighted by Gasteiger charge is 2.07. The van der Waals surface area contributed by atoms with Crippen molar-refractivity contribution in [3.05, 3.63) is 30.9 Å². The Bertz CT molecular complexity index is 489. The summed E-state index contributed by atoms with van der Waals surface area (Å²) in [6.45, 7) is 0. The first kappa shape index (κ1) is 8.24. The average Bonchev–Trinajstić information content (AvgIpc) is 2.29. The number of hydrogen-bond donors (Lipinski definition) is 1. The summed E-state index contributed by atoms with van der Waals surface area (Å²) >= 11 is 5.40. The topological polar surface area (TPSA) is 50.2 Å². The van der Waals surface area contributed by atoms with E-state index in [9.17, 15) is 4.79 Å². The lowest BCUT2D eigenvalue weighted by Crippen LogP contribution is -2.11. The van der Waals surface area contributed by atoms with Crippen LogP contribution in [0.15, 0.2) is 21.7 Å². The van der Waals surface area contributed by atoms with Gasteiger partial charge in [-0.2, -0.15) is 5.10 Å². The van der Waals surface area contributed by atoms with E-state index in [2.05, 4.69) is 48.6 Å². The zero-order valence-electron chi connectivity index (χ0n) is 5.71. The number of nitrogens with zero attached hydrogens (tertiary/aromatic N) is 2. The molecule has 1 N–H and O–H groups in total. The molecule has 0 atom stereocenters. The third-order valence-corrected chi connectivity index (χ3v) is 2.84. The van der Waals surface area contributed by atoms with Crippen LogP contribution in [-0.4, -0.2) is 14.6 Å². The molecule has 0 saturated heterocycles.